The smallest absolute Gasteiger partial charge is 0.334 e. The molecule has 0 saturated carbocycles. The number of nitrogens with one attached hydrogen (secondary N) is 1. The maximum absolute atomic E-state index is 11.3. The lowest BCUT2D eigenvalue weighted by molar-refractivity contribution is -0.197. The Labute approximate surface area is 104 Å². The number of carbonyl (C=O) groups is 4. The van der Waals surface area contributed by atoms with Crippen LogP contribution < -0.4 is 5.32 Å². The molecule has 7 heteroatoms. The second kappa shape index (κ2) is 5.95. The highest BCUT2D eigenvalue weighted by molar-refractivity contribution is 6.01. The quantitative estimate of drug-likeness (QED) is 0.536. The Bertz CT molecular complexity index is 400. The van der Waals surface area contributed by atoms with E-state index in [1.807, 2.05) is 0 Å². The van der Waals surface area contributed by atoms with Gasteiger partial charge in [0.1, 0.15) is 0 Å². The molecule has 0 radical (unpaired) electrons. The molecule has 0 bridgehead atoms. The van der Waals surface area contributed by atoms with E-state index < -0.39 is 17.8 Å². The summed E-state index contributed by atoms with van der Waals surface area (Å²) in [5, 5.41) is 2.91. The largest absolute Gasteiger partial charge is 0.352 e. The molecule has 1 saturated heterocycles. The lowest BCUT2D eigenvalue weighted by atomic mass is 10.3. The summed E-state index contributed by atoms with van der Waals surface area (Å²) >= 11 is 0. The van der Waals surface area contributed by atoms with Crippen LogP contribution in [-0.4, -0.2) is 35.3 Å². The number of nitrogens with zero attached hydrogens (tertiary/aromatic N) is 1. The molecule has 1 heterocycles. The van der Waals surface area contributed by atoms with Gasteiger partial charge in [0.2, 0.25) is 5.91 Å². The lowest BCUT2D eigenvalue weighted by Gasteiger charge is -2.12. The first kappa shape index (κ1) is 13.9. The van der Waals surface area contributed by atoms with E-state index in [4.69, 9.17) is 0 Å². The molecule has 1 aliphatic heterocycles. The summed E-state index contributed by atoms with van der Waals surface area (Å²) < 4.78 is 0. The van der Waals surface area contributed by atoms with Gasteiger partial charge in [0.05, 0.1) is 6.42 Å². The molecular weight excluding hydrogens is 240 g/mol. The van der Waals surface area contributed by atoms with Crippen molar-refractivity contribution in [3.8, 4) is 0 Å². The van der Waals surface area contributed by atoms with Gasteiger partial charge in [0.25, 0.3) is 11.8 Å². The zero-order valence-electron chi connectivity index (χ0n) is 10.0. The van der Waals surface area contributed by atoms with Gasteiger partial charge in [-0.15, -0.1) is 5.06 Å². The van der Waals surface area contributed by atoms with Crippen molar-refractivity contribution in [2.75, 3.05) is 6.54 Å². The van der Waals surface area contributed by atoms with Crippen molar-refractivity contribution in [2.45, 2.75) is 26.2 Å². The van der Waals surface area contributed by atoms with E-state index in [2.05, 4.69) is 16.7 Å². The van der Waals surface area contributed by atoms with Crippen molar-refractivity contribution in [1.29, 1.82) is 0 Å². The average Bonchev–Trinajstić information content (AvgIpc) is 2.60. The minimum absolute atomic E-state index is 0.0541. The Hall–Kier alpha value is -2.18. The zero-order chi connectivity index (χ0) is 13.7. The van der Waals surface area contributed by atoms with Gasteiger partial charge in [-0.1, -0.05) is 6.58 Å². The standard InChI is InChI=1S/C11H14N2O5/c1-7(2)11(17)12-6-5-10(16)18-13-8(14)3-4-9(13)15/h1,3-6H2,2H3,(H,12,17). The Morgan fingerprint density at radius 1 is 1.33 bits per heavy atom. The molecule has 0 aromatic carbocycles. The number of hydrogen-bond acceptors (Lipinski definition) is 5. The SMILES string of the molecule is C=C(C)C(=O)NCCC(=O)ON1C(=O)CCC1=O. The van der Waals surface area contributed by atoms with Gasteiger partial charge in [-0.05, 0) is 6.92 Å². The summed E-state index contributed by atoms with van der Waals surface area (Å²) in [5.41, 5.74) is 0.327. The van der Waals surface area contributed by atoms with Crippen LogP contribution in [0.2, 0.25) is 0 Å². The Balaban J connectivity index is 2.30. The molecule has 1 fully saturated rings. The lowest BCUT2D eigenvalue weighted by Crippen LogP contribution is -2.34. The van der Waals surface area contributed by atoms with E-state index in [0.29, 0.717) is 10.6 Å². The molecule has 0 aromatic rings. The number of hydrogen-bond donors (Lipinski definition) is 1. The van der Waals surface area contributed by atoms with Gasteiger partial charge in [0.15, 0.2) is 0 Å². The van der Waals surface area contributed by atoms with Gasteiger partial charge >= 0.3 is 5.97 Å². The number of rotatable bonds is 5. The topological polar surface area (TPSA) is 92.8 Å². The number of imide groups is 1. The molecule has 0 aromatic heterocycles. The van der Waals surface area contributed by atoms with E-state index in [9.17, 15) is 19.2 Å². The Morgan fingerprint density at radius 3 is 2.39 bits per heavy atom. The summed E-state index contributed by atoms with van der Waals surface area (Å²) in [7, 11) is 0. The highest BCUT2D eigenvalue weighted by atomic mass is 16.7. The fourth-order valence-electron chi connectivity index (χ4n) is 1.23. The summed E-state index contributed by atoms with van der Waals surface area (Å²) in [6.45, 7) is 5.02. The fraction of sp³-hybridized carbons (Fsp3) is 0.455. The van der Waals surface area contributed by atoms with Crippen LogP contribution in [0, 0.1) is 0 Å². The molecule has 0 atom stereocenters. The normalized spacial score (nSPS) is 14.6. The van der Waals surface area contributed by atoms with Crippen LogP contribution >= 0.6 is 0 Å². The predicted octanol–water partition coefficient (Wildman–Crippen LogP) is -0.324. The Morgan fingerprint density at radius 2 is 1.89 bits per heavy atom. The zero-order valence-corrected chi connectivity index (χ0v) is 10.0. The molecule has 0 spiro atoms. The molecule has 3 amide bonds. The van der Waals surface area contributed by atoms with Crippen LogP contribution in [0.5, 0.6) is 0 Å². The second-order valence-corrected chi connectivity index (χ2v) is 3.83. The van der Waals surface area contributed by atoms with E-state index >= 15 is 0 Å². The molecular formula is C11H14N2O5. The third kappa shape index (κ3) is 3.69. The van der Waals surface area contributed by atoms with Crippen LogP contribution in [0.1, 0.15) is 26.2 Å². The maximum Gasteiger partial charge on any atom is 0.334 e. The van der Waals surface area contributed by atoms with Gasteiger partial charge in [0, 0.05) is 25.0 Å². The third-order valence-electron chi connectivity index (χ3n) is 2.20. The van der Waals surface area contributed by atoms with Crippen LogP contribution in [-0.2, 0) is 24.0 Å². The van der Waals surface area contributed by atoms with Gasteiger partial charge in [-0.25, -0.2) is 4.79 Å². The first-order valence-electron chi connectivity index (χ1n) is 5.42. The number of hydroxylamine groups is 2. The fourth-order valence-corrected chi connectivity index (χ4v) is 1.23. The third-order valence-corrected chi connectivity index (χ3v) is 2.20. The van der Waals surface area contributed by atoms with E-state index in [1.54, 1.807) is 0 Å². The van der Waals surface area contributed by atoms with Crippen LogP contribution in [0.15, 0.2) is 12.2 Å². The highest BCUT2D eigenvalue weighted by Gasteiger charge is 2.32. The molecule has 1 N–H and O–H groups in total. The minimum atomic E-state index is -0.749. The van der Waals surface area contributed by atoms with E-state index in [-0.39, 0.29) is 31.7 Å². The highest BCUT2D eigenvalue weighted by Crippen LogP contribution is 2.12. The van der Waals surface area contributed by atoms with Crippen molar-refractivity contribution >= 4 is 23.7 Å². The first-order chi connectivity index (χ1) is 8.41. The van der Waals surface area contributed by atoms with Crippen molar-refractivity contribution in [3.05, 3.63) is 12.2 Å². The van der Waals surface area contributed by atoms with Crippen LogP contribution in [0.3, 0.4) is 0 Å². The van der Waals surface area contributed by atoms with Crippen LogP contribution in [0.25, 0.3) is 0 Å². The average molecular weight is 254 g/mol. The summed E-state index contributed by atoms with van der Waals surface area (Å²) in [6.07, 6.45) is -0.0207. The van der Waals surface area contributed by atoms with Gasteiger partial charge in [-0.2, -0.15) is 0 Å². The van der Waals surface area contributed by atoms with Crippen molar-refractivity contribution in [2.24, 2.45) is 0 Å². The molecule has 98 valence electrons. The van der Waals surface area contributed by atoms with Gasteiger partial charge < -0.3 is 10.2 Å². The minimum Gasteiger partial charge on any atom is -0.352 e. The molecule has 0 unspecified atom stereocenters. The van der Waals surface area contributed by atoms with Crippen molar-refractivity contribution < 1.29 is 24.0 Å². The van der Waals surface area contributed by atoms with Crippen LogP contribution in [0.4, 0.5) is 0 Å². The summed E-state index contributed by atoms with van der Waals surface area (Å²) in [6, 6.07) is 0. The van der Waals surface area contributed by atoms with E-state index in [1.165, 1.54) is 6.92 Å². The summed E-state index contributed by atoms with van der Waals surface area (Å²) in [4.78, 5) is 49.3. The second-order valence-electron chi connectivity index (χ2n) is 3.83. The number of carbonyl (C=O) groups excluding carboxylic acids is 4. The molecule has 1 rings (SSSR count). The Kier molecular flexibility index (Phi) is 4.59. The van der Waals surface area contributed by atoms with Crippen molar-refractivity contribution in [3.63, 3.8) is 0 Å². The van der Waals surface area contributed by atoms with E-state index in [0.717, 1.165) is 0 Å². The molecule has 0 aliphatic carbocycles. The molecule has 1 aliphatic rings. The predicted molar refractivity (Wildman–Crippen MR) is 59.6 cm³/mol. The molecule has 18 heavy (non-hydrogen) atoms. The number of amides is 3. The summed E-state index contributed by atoms with van der Waals surface area (Å²) in [5.74, 6) is -2.17. The van der Waals surface area contributed by atoms with Crippen molar-refractivity contribution in [1.82, 2.24) is 10.4 Å². The molecule has 7 nitrogen and oxygen atoms in total. The first-order valence-corrected chi connectivity index (χ1v) is 5.42. The monoisotopic (exact) mass is 254 g/mol. The maximum atomic E-state index is 11.3. The van der Waals surface area contributed by atoms with Gasteiger partial charge in [-0.3, -0.25) is 14.4 Å².